The van der Waals surface area contributed by atoms with Crippen LogP contribution in [0.4, 0.5) is 15.8 Å². The molecule has 0 bridgehead atoms. The van der Waals surface area contributed by atoms with Crippen molar-refractivity contribution < 1.29 is 9.13 Å². The summed E-state index contributed by atoms with van der Waals surface area (Å²) in [6, 6.07) is 3.96. The Bertz CT molecular complexity index is 303. The van der Waals surface area contributed by atoms with Gasteiger partial charge in [-0.05, 0) is 18.2 Å². The summed E-state index contributed by atoms with van der Waals surface area (Å²) in [6.45, 7) is 0.256. The number of ether oxygens (including phenoxy) is 1. The first-order valence-electron chi connectivity index (χ1n) is 3.67. The zero-order chi connectivity index (χ0) is 9.68. The highest BCUT2D eigenvalue weighted by atomic mass is 19.1. The number of halogens is 1. The Morgan fingerprint density at radius 3 is 3.00 bits per heavy atom. The molecule has 0 saturated carbocycles. The van der Waals surface area contributed by atoms with E-state index in [2.05, 4.69) is 10.4 Å². The largest absolute Gasteiger partial charge is 0.365 e. The molecule has 4 nitrogen and oxygen atoms in total. The minimum Gasteiger partial charge on any atom is -0.365 e. The van der Waals surface area contributed by atoms with Crippen LogP contribution in [0.2, 0.25) is 0 Å². The highest BCUT2D eigenvalue weighted by molar-refractivity contribution is 5.64. The minimum atomic E-state index is -0.369. The molecule has 0 spiro atoms. The lowest BCUT2D eigenvalue weighted by molar-refractivity contribution is 0.221. The van der Waals surface area contributed by atoms with Crippen molar-refractivity contribution in [3.63, 3.8) is 0 Å². The molecule has 1 aromatic rings. The van der Waals surface area contributed by atoms with Crippen molar-refractivity contribution in [1.29, 1.82) is 5.53 Å². The van der Waals surface area contributed by atoms with Crippen molar-refractivity contribution >= 4 is 11.4 Å². The molecular weight excluding hydrogens is 173 g/mol. The summed E-state index contributed by atoms with van der Waals surface area (Å²) >= 11 is 0. The van der Waals surface area contributed by atoms with Crippen LogP contribution in [0.1, 0.15) is 0 Å². The highest BCUT2D eigenvalue weighted by Gasteiger charge is 2.01. The van der Waals surface area contributed by atoms with Gasteiger partial charge >= 0.3 is 0 Å². The Kier molecular flexibility index (Phi) is 3.33. The smallest absolute Gasteiger partial charge is 0.125 e. The van der Waals surface area contributed by atoms with Gasteiger partial charge in [0.05, 0.1) is 5.69 Å². The summed E-state index contributed by atoms with van der Waals surface area (Å²) in [6.07, 6.45) is 0. The summed E-state index contributed by atoms with van der Waals surface area (Å²) in [5.74, 6) is -0.369. The molecule has 13 heavy (non-hydrogen) atoms. The fraction of sp³-hybridized carbons (Fsp3) is 0.250. The first kappa shape index (κ1) is 9.60. The van der Waals surface area contributed by atoms with Crippen LogP contribution < -0.4 is 5.32 Å². The third kappa shape index (κ3) is 2.48. The van der Waals surface area contributed by atoms with Crippen molar-refractivity contribution in [2.24, 2.45) is 5.11 Å². The first-order chi connectivity index (χ1) is 6.27. The molecule has 1 rings (SSSR count). The quantitative estimate of drug-likeness (QED) is 0.556. The number of hydrogen-bond acceptors (Lipinski definition) is 4. The van der Waals surface area contributed by atoms with Crippen molar-refractivity contribution in [3.05, 3.63) is 24.0 Å². The van der Waals surface area contributed by atoms with Crippen LogP contribution in [-0.4, -0.2) is 13.8 Å². The molecule has 0 atom stereocenters. The van der Waals surface area contributed by atoms with Gasteiger partial charge in [0, 0.05) is 7.11 Å². The van der Waals surface area contributed by atoms with Gasteiger partial charge in [-0.1, -0.05) is 0 Å². The maximum absolute atomic E-state index is 12.7. The van der Waals surface area contributed by atoms with E-state index in [1.165, 1.54) is 25.3 Å². The van der Waals surface area contributed by atoms with Crippen molar-refractivity contribution in [2.45, 2.75) is 0 Å². The Morgan fingerprint density at radius 2 is 2.38 bits per heavy atom. The lowest BCUT2D eigenvalue weighted by Gasteiger charge is -2.06. The summed E-state index contributed by atoms with van der Waals surface area (Å²) < 4.78 is 17.5. The molecule has 0 aliphatic rings. The van der Waals surface area contributed by atoms with Crippen LogP contribution in [0, 0.1) is 11.3 Å². The maximum atomic E-state index is 12.7. The summed E-state index contributed by atoms with van der Waals surface area (Å²) in [4.78, 5) is 0. The summed E-state index contributed by atoms with van der Waals surface area (Å²) in [7, 11) is 1.52. The van der Waals surface area contributed by atoms with Gasteiger partial charge in [0.2, 0.25) is 0 Å². The van der Waals surface area contributed by atoms with E-state index in [0.29, 0.717) is 11.4 Å². The van der Waals surface area contributed by atoms with Crippen molar-refractivity contribution in [1.82, 2.24) is 0 Å². The van der Waals surface area contributed by atoms with Gasteiger partial charge in [-0.15, -0.1) is 0 Å². The number of methoxy groups -OCH3 is 1. The zero-order valence-corrected chi connectivity index (χ0v) is 7.17. The SMILES string of the molecule is COCNc1cc(F)ccc1N=N. The molecule has 1 aromatic carbocycles. The number of anilines is 1. The van der Waals surface area contributed by atoms with Gasteiger partial charge in [0.25, 0.3) is 0 Å². The predicted octanol–water partition coefficient (Wildman–Crippen LogP) is 2.50. The number of nitrogens with zero attached hydrogens (tertiary/aromatic N) is 1. The van der Waals surface area contributed by atoms with Crippen molar-refractivity contribution in [3.8, 4) is 0 Å². The molecule has 0 unspecified atom stereocenters. The predicted molar refractivity (Wildman–Crippen MR) is 46.7 cm³/mol. The van der Waals surface area contributed by atoms with E-state index in [1.807, 2.05) is 0 Å². The Labute approximate surface area is 75.2 Å². The van der Waals surface area contributed by atoms with E-state index in [0.717, 1.165) is 0 Å². The third-order valence-electron chi connectivity index (χ3n) is 1.49. The molecule has 0 aliphatic carbocycles. The Morgan fingerprint density at radius 1 is 1.62 bits per heavy atom. The molecular formula is C8H10FN3O. The number of rotatable bonds is 4. The van der Waals surface area contributed by atoms with E-state index in [4.69, 9.17) is 10.3 Å². The van der Waals surface area contributed by atoms with Gasteiger partial charge in [0.1, 0.15) is 18.2 Å². The second-order valence-electron chi connectivity index (χ2n) is 2.38. The van der Waals surface area contributed by atoms with E-state index < -0.39 is 0 Å². The van der Waals surface area contributed by atoms with Crippen LogP contribution in [0.15, 0.2) is 23.3 Å². The minimum absolute atomic E-state index is 0.256. The Balaban J connectivity index is 2.87. The second kappa shape index (κ2) is 4.51. The first-order valence-corrected chi connectivity index (χ1v) is 3.67. The van der Waals surface area contributed by atoms with Crippen LogP contribution >= 0.6 is 0 Å². The average molecular weight is 183 g/mol. The number of hydrogen-bond donors (Lipinski definition) is 2. The van der Waals surface area contributed by atoms with Gasteiger partial charge < -0.3 is 10.1 Å². The van der Waals surface area contributed by atoms with Gasteiger partial charge in [0.15, 0.2) is 0 Å². The molecule has 0 amide bonds. The molecule has 2 N–H and O–H groups in total. The number of benzene rings is 1. The van der Waals surface area contributed by atoms with E-state index in [-0.39, 0.29) is 12.5 Å². The molecule has 0 radical (unpaired) electrons. The second-order valence-corrected chi connectivity index (χ2v) is 2.38. The molecule has 70 valence electrons. The van der Waals surface area contributed by atoms with E-state index in [1.54, 1.807) is 0 Å². The van der Waals surface area contributed by atoms with Crippen LogP contribution in [0.3, 0.4) is 0 Å². The third-order valence-corrected chi connectivity index (χ3v) is 1.49. The van der Waals surface area contributed by atoms with Gasteiger partial charge in [-0.25, -0.2) is 9.92 Å². The maximum Gasteiger partial charge on any atom is 0.125 e. The Hall–Kier alpha value is -1.49. The summed E-state index contributed by atoms with van der Waals surface area (Å²) in [5, 5.41) is 6.01. The molecule has 0 heterocycles. The highest BCUT2D eigenvalue weighted by Crippen LogP contribution is 2.24. The lowest BCUT2D eigenvalue weighted by Crippen LogP contribution is -2.03. The molecule has 5 heteroatoms. The average Bonchev–Trinajstić information content (AvgIpc) is 2.15. The van der Waals surface area contributed by atoms with E-state index >= 15 is 0 Å². The summed E-state index contributed by atoms with van der Waals surface area (Å²) in [5.41, 5.74) is 7.66. The van der Waals surface area contributed by atoms with E-state index in [9.17, 15) is 4.39 Å². The number of nitrogens with one attached hydrogen (secondary N) is 2. The zero-order valence-electron chi connectivity index (χ0n) is 7.17. The topological polar surface area (TPSA) is 57.5 Å². The van der Waals surface area contributed by atoms with Crippen LogP contribution in [0.5, 0.6) is 0 Å². The molecule has 0 aromatic heterocycles. The van der Waals surface area contributed by atoms with Crippen molar-refractivity contribution in [2.75, 3.05) is 19.2 Å². The van der Waals surface area contributed by atoms with Gasteiger partial charge in [-0.3, -0.25) is 0 Å². The fourth-order valence-corrected chi connectivity index (χ4v) is 0.897. The normalized spacial score (nSPS) is 9.69. The monoisotopic (exact) mass is 183 g/mol. The standard InChI is InChI=1S/C8H10FN3O/c1-13-5-11-8-4-6(9)2-3-7(8)12-10/h2-4,10-11H,5H2,1H3. The lowest BCUT2D eigenvalue weighted by atomic mass is 10.2. The molecule has 0 saturated heterocycles. The molecule has 0 fully saturated rings. The molecule has 0 aliphatic heterocycles. The van der Waals surface area contributed by atoms with Crippen LogP contribution in [0.25, 0.3) is 0 Å². The van der Waals surface area contributed by atoms with Gasteiger partial charge in [-0.2, -0.15) is 5.11 Å². The van der Waals surface area contributed by atoms with Crippen LogP contribution in [-0.2, 0) is 4.74 Å². The fourth-order valence-electron chi connectivity index (χ4n) is 0.897.